The molecule has 2 aliphatic heterocycles. The van der Waals surface area contributed by atoms with Crippen LogP contribution in [-0.4, -0.2) is 49.1 Å². The standard InChI is InChI=1S/C17H21FN2O3/c1-23-10-16(22)20-9-13(12-5-2-3-6-14(12)18)17(11-20)8-4-7-15(21)19-17/h2-3,5-6,13H,4,7-11H2,1H3,(H,19,21)/t13-,17+/m0/s1. The van der Waals surface area contributed by atoms with Crippen LogP contribution in [0.15, 0.2) is 24.3 Å². The molecule has 0 radical (unpaired) electrons. The van der Waals surface area contributed by atoms with E-state index in [1.165, 1.54) is 13.2 Å². The van der Waals surface area contributed by atoms with Crippen LogP contribution in [0.25, 0.3) is 0 Å². The number of halogens is 1. The van der Waals surface area contributed by atoms with Gasteiger partial charge in [0.15, 0.2) is 0 Å². The van der Waals surface area contributed by atoms with Gasteiger partial charge in [-0.05, 0) is 24.5 Å². The van der Waals surface area contributed by atoms with Crippen LogP contribution in [0.5, 0.6) is 0 Å². The third-order valence-electron chi connectivity index (χ3n) is 4.86. The zero-order chi connectivity index (χ0) is 16.4. The van der Waals surface area contributed by atoms with E-state index >= 15 is 0 Å². The highest BCUT2D eigenvalue weighted by Crippen LogP contribution is 2.42. The molecular formula is C17H21FN2O3. The highest BCUT2D eigenvalue weighted by molar-refractivity contribution is 5.80. The second-order valence-electron chi connectivity index (χ2n) is 6.34. The van der Waals surface area contributed by atoms with Gasteiger partial charge in [0.25, 0.3) is 0 Å². The highest BCUT2D eigenvalue weighted by Gasteiger charge is 2.51. The number of rotatable bonds is 3. The average molecular weight is 320 g/mol. The molecule has 2 heterocycles. The molecule has 124 valence electrons. The average Bonchev–Trinajstić information content (AvgIpc) is 2.86. The molecule has 0 saturated carbocycles. The van der Waals surface area contributed by atoms with Gasteiger partial charge in [0.1, 0.15) is 12.4 Å². The van der Waals surface area contributed by atoms with Gasteiger partial charge in [-0.1, -0.05) is 18.2 Å². The third-order valence-corrected chi connectivity index (χ3v) is 4.86. The molecule has 1 aromatic carbocycles. The number of hydrogen-bond donors (Lipinski definition) is 1. The zero-order valence-corrected chi connectivity index (χ0v) is 13.2. The largest absolute Gasteiger partial charge is 0.375 e. The van der Waals surface area contributed by atoms with Crippen LogP contribution in [0.2, 0.25) is 0 Å². The van der Waals surface area contributed by atoms with Crippen molar-refractivity contribution in [2.45, 2.75) is 30.7 Å². The van der Waals surface area contributed by atoms with Crippen molar-refractivity contribution in [2.75, 3.05) is 26.8 Å². The van der Waals surface area contributed by atoms with Crippen LogP contribution in [0.4, 0.5) is 4.39 Å². The molecule has 3 rings (SSSR count). The first-order valence-electron chi connectivity index (χ1n) is 7.88. The number of likely N-dealkylation sites (tertiary alicyclic amines) is 1. The number of amides is 2. The molecule has 0 aromatic heterocycles. The molecule has 2 amide bonds. The molecule has 0 bridgehead atoms. The normalized spacial score (nSPS) is 27.3. The zero-order valence-electron chi connectivity index (χ0n) is 13.2. The second kappa shape index (κ2) is 6.28. The van der Waals surface area contributed by atoms with Crippen LogP contribution in [-0.2, 0) is 14.3 Å². The Morgan fingerprint density at radius 2 is 2.26 bits per heavy atom. The summed E-state index contributed by atoms with van der Waals surface area (Å²) in [6.45, 7) is 0.789. The van der Waals surface area contributed by atoms with E-state index in [4.69, 9.17) is 4.74 Å². The first-order chi connectivity index (χ1) is 11.1. The molecule has 23 heavy (non-hydrogen) atoms. The van der Waals surface area contributed by atoms with E-state index in [-0.39, 0.29) is 30.2 Å². The summed E-state index contributed by atoms with van der Waals surface area (Å²) in [4.78, 5) is 25.8. The monoisotopic (exact) mass is 320 g/mol. The van der Waals surface area contributed by atoms with Crippen LogP contribution < -0.4 is 5.32 Å². The smallest absolute Gasteiger partial charge is 0.248 e. The Kier molecular flexibility index (Phi) is 4.35. The van der Waals surface area contributed by atoms with Gasteiger partial charge in [-0.3, -0.25) is 9.59 Å². The van der Waals surface area contributed by atoms with Gasteiger partial charge in [-0.2, -0.15) is 0 Å². The Balaban J connectivity index is 1.95. The first-order valence-corrected chi connectivity index (χ1v) is 7.88. The second-order valence-corrected chi connectivity index (χ2v) is 6.34. The number of hydrogen-bond acceptors (Lipinski definition) is 3. The van der Waals surface area contributed by atoms with Crippen molar-refractivity contribution in [3.05, 3.63) is 35.6 Å². The van der Waals surface area contributed by atoms with Crippen molar-refractivity contribution in [3.63, 3.8) is 0 Å². The molecule has 2 fully saturated rings. The molecule has 1 aromatic rings. The molecule has 0 aliphatic carbocycles. The van der Waals surface area contributed by atoms with Crippen molar-refractivity contribution in [2.24, 2.45) is 0 Å². The van der Waals surface area contributed by atoms with E-state index in [0.29, 0.717) is 25.1 Å². The Hall–Kier alpha value is -1.95. The predicted octanol–water partition coefficient (Wildman–Crippen LogP) is 1.44. The lowest BCUT2D eigenvalue weighted by Gasteiger charge is -2.39. The Labute approximate surface area is 134 Å². The van der Waals surface area contributed by atoms with E-state index in [1.54, 1.807) is 23.1 Å². The molecule has 2 atom stereocenters. The summed E-state index contributed by atoms with van der Waals surface area (Å²) in [5.74, 6) is -0.698. The topological polar surface area (TPSA) is 58.6 Å². The fourth-order valence-corrected chi connectivity index (χ4v) is 3.82. The van der Waals surface area contributed by atoms with Crippen LogP contribution in [0.3, 0.4) is 0 Å². The summed E-state index contributed by atoms with van der Waals surface area (Å²) in [6.07, 6.45) is 1.98. The predicted molar refractivity (Wildman–Crippen MR) is 82.3 cm³/mol. The fourth-order valence-electron chi connectivity index (χ4n) is 3.82. The van der Waals surface area contributed by atoms with Crippen LogP contribution in [0.1, 0.15) is 30.7 Å². The molecule has 5 nitrogen and oxygen atoms in total. The van der Waals surface area contributed by atoms with E-state index in [2.05, 4.69) is 5.32 Å². The van der Waals surface area contributed by atoms with Gasteiger partial charge in [0, 0.05) is 32.5 Å². The number of carbonyl (C=O) groups excluding carboxylic acids is 2. The molecule has 6 heteroatoms. The van der Waals surface area contributed by atoms with E-state index in [1.807, 2.05) is 0 Å². The summed E-state index contributed by atoms with van der Waals surface area (Å²) >= 11 is 0. The van der Waals surface area contributed by atoms with Crippen LogP contribution >= 0.6 is 0 Å². The lowest BCUT2D eigenvalue weighted by molar-refractivity contribution is -0.135. The number of ether oxygens (including phenoxy) is 1. The van der Waals surface area contributed by atoms with Gasteiger partial charge >= 0.3 is 0 Å². The van der Waals surface area contributed by atoms with Crippen molar-refractivity contribution in [1.29, 1.82) is 0 Å². The van der Waals surface area contributed by atoms with E-state index < -0.39 is 5.54 Å². The minimum atomic E-state index is -0.582. The third kappa shape index (κ3) is 2.95. The van der Waals surface area contributed by atoms with E-state index in [0.717, 1.165) is 12.8 Å². The van der Waals surface area contributed by atoms with Gasteiger partial charge < -0.3 is 15.0 Å². The maximum Gasteiger partial charge on any atom is 0.248 e. The molecule has 2 saturated heterocycles. The Bertz CT molecular complexity index is 622. The summed E-state index contributed by atoms with van der Waals surface area (Å²) in [7, 11) is 1.47. The summed E-state index contributed by atoms with van der Waals surface area (Å²) in [5.41, 5.74) is -0.0246. The number of nitrogens with zero attached hydrogens (tertiary/aromatic N) is 1. The SMILES string of the molecule is COCC(=O)N1C[C@@H](c2ccccc2F)[C@@]2(CCCC(=O)N2)C1. The molecular weight excluding hydrogens is 299 g/mol. The van der Waals surface area contributed by atoms with Crippen LogP contribution in [0, 0.1) is 5.82 Å². The quantitative estimate of drug-likeness (QED) is 0.917. The van der Waals surface area contributed by atoms with Crippen molar-refractivity contribution in [3.8, 4) is 0 Å². The van der Waals surface area contributed by atoms with Gasteiger partial charge in [0.05, 0.1) is 5.54 Å². The maximum atomic E-state index is 14.3. The highest BCUT2D eigenvalue weighted by atomic mass is 19.1. The summed E-state index contributed by atoms with van der Waals surface area (Å²) < 4.78 is 19.2. The van der Waals surface area contributed by atoms with Crippen molar-refractivity contribution < 1.29 is 18.7 Å². The number of piperidine rings is 1. The minimum absolute atomic E-state index is 0.00593. The van der Waals surface area contributed by atoms with Gasteiger partial charge in [-0.25, -0.2) is 4.39 Å². The first kappa shape index (κ1) is 15.9. The van der Waals surface area contributed by atoms with E-state index in [9.17, 15) is 14.0 Å². The maximum absolute atomic E-state index is 14.3. The van der Waals surface area contributed by atoms with Crippen molar-refractivity contribution in [1.82, 2.24) is 10.2 Å². The van der Waals surface area contributed by atoms with Gasteiger partial charge in [0.2, 0.25) is 11.8 Å². The number of methoxy groups -OCH3 is 1. The summed E-state index contributed by atoms with van der Waals surface area (Å²) in [5, 5.41) is 3.05. The fraction of sp³-hybridized carbons (Fsp3) is 0.529. The minimum Gasteiger partial charge on any atom is -0.375 e. The lowest BCUT2D eigenvalue weighted by atomic mass is 9.76. The number of nitrogens with one attached hydrogen (secondary N) is 1. The molecule has 1 N–H and O–H groups in total. The molecule has 2 aliphatic rings. The summed E-state index contributed by atoms with van der Waals surface area (Å²) in [6, 6.07) is 6.60. The number of carbonyl (C=O) groups is 2. The Morgan fingerprint density at radius 1 is 1.48 bits per heavy atom. The lowest BCUT2D eigenvalue weighted by Crippen LogP contribution is -2.56. The molecule has 1 spiro atoms. The number of benzene rings is 1. The molecule has 0 unspecified atom stereocenters. The van der Waals surface area contributed by atoms with Crippen molar-refractivity contribution >= 4 is 11.8 Å². The Morgan fingerprint density at radius 3 is 2.96 bits per heavy atom. The van der Waals surface area contributed by atoms with Gasteiger partial charge in [-0.15, -0.1) is 0 Å².